The monoisotopic (exact) mass is 228 g/mol. The highest BCUT2D eigenvalue weighted by molar-refractivity contribution is 5.76. The van der Waals surface area contributed by atoms with Gasteiger partial charge in [-0.1, -0.05) is 0 Å². The minimum absolute atomic E-state index is 0.0816. The van der Waals surface area contributed by atoms with Crippen molar-refractivity contribution in [2.24, 2.45) is 17.1 Å². The zero-order chi connectivity index (χ0) is 12.3. The quantitative estimate of drug-likeness (QED) is 0.724. The van der Waals surface area contributed by atoms with Crippen LogP contribution in [0.3, 0.4) is 0 Å². The van der Waals surface area contributed by atoms with Crippen LogP contribution >= 0.6 is 0 Å². The first-order chi connectivity index (χ1) is 7.34. The number of carboxylic acid groups (broad SMARTS) is 1. The van der Waals surface area contributed by atoms with E-state index in [2.05, 4.69) is 0 Å². The van der Waals surface area contributed by atoms with Crippen molar-refractivity contribution in [3.63, 3.8) is 0 Å². The summed E-state index contributed by atoms with van der Waals surface area (Å²) in [4.78, 5) is 23.9. The minimum atomic E-state index is -0.779. The van der Waals surface area contributed by atoms with Gasteiger partial charge in [0.2, 0.25) is 5.91 Å². The van der Waals surface area contributed by atoms with E-state index >= 15 is 0 Å². The van der Waals surface area contributed by atoms with Crippen LogP contribution < -0.4 is 5.73 Å². The van der Waals surface area contributed by atoms with Gasteiger partial charge in [0.25, 0.3) is 0 Å². The third kappa shape index (κ3) is 2.95. The van der Waals surface area contributed by atoms with Crippen molar-refractivity contribution in [3.8, 4) is 0 Å². The summed E-state index contributed by atoms with van der Waals surface area (Å²) in [6.07, 6.45) is 1.82. The molecule has 1 amide bonds. The fraction of sp³-hybridized carbons (Fsp3) is 0.818. The summed E-state index contributed by atoms with van der Waals surface area (Å²) in [7, 11) is 0. The lowest BCUT2D eigenvalue weighted by atomic mass is 9.74. The predicted molar refractivity (Wildman–Crippen MR) is 59.8 cm³/mol. The van der Waals surface area contributed by atoms with Gasteiger partial charge >= 0.3 is 5.97 Å². The molecule has 0 aromatic rings. The molecule has 0 spiro atoms. The molecule has 1 fully saturated rings. The number of hydrogen-bond acceptors (Lipinski definition) is 3. The average Bonchev–Trinajstić information content (AvgIpc) is 2.16. The van der Waals surface area contributed by atoms with Crippen LogP contribution in [0.4, 0.5) is 0 Å². The number of nitrogens with two attached hydrogens (primary N) is 1. The summed E-state index contributed by atoms with van der Waals surface area (Å²) in [5, 5.41) is 9.15. The average molecular weight is 228 g/mol. The van der Waals surface area contributed by atoms with E-state index in [9.17, 15) is 9.59 Å². The number of carboxylic acids is 1. The Morgan fingerprint density at radius 1 is 1.50 bits per heavy atom. The van der Waals surface area contributed by atoms with Crippen molar-refractivity contribution < 1.29 is 14.7 Å². The van der Waals surface area contributed by atoms with Gasteiger partial charge in [-0.15, -0.1) is 0 Å². The molecule has 92 valence electrons. The fourth-order valence-corrected chi connectivity index (χ4v) is 2.18. The Balaban J connectivity index is 2.63. The molecule has 0 bridgehead atoms. The Hall–Kier alpha value is -1.10. The second-order valence-corrected chi connectivity index (χ2v) is 5.07. The van der Waals surface area contributed by atoms with Gasteiger partial charge in [0.15, 0.2) is 0 Å². The Bertz CT molecular complexity index is 289. The van der Waals surface area contributed by atoms with E-state index in [1.54, 1.807) is 13.8 Å². The number of aliphatic carboxylic acids is 1. The van der Waals surface area contributed by atoms with Crippen molar-refractivity contribution in [1.29, 1.82) is 0 Å². The zero-order valence-electron chi connectivity index (χ0n) is 9.90. The van der Waals surface area contributed by atoms with Crippen LogP contribution in [0.2, 0.25) is 0 Å². The molecule has 1 heterocycles. The number of rotatable bonds is 4. The van der Waals surface area contributed by atoms with Crippen LogP contribution in [0.5, 0.6) is 0 Å². The molecule has 16 heavy (non-hydrogen) atoms. The maximum absolute atomic E-state index is 11.1. The van der Waals surface area contributed by atoms with Crippen molar-refractivity contribution in [1.82, 2.24) is 4.90 Å². The Morgan fingerprint density at radius 3 is 2.62 bits per heavy atom. The van der Waals surface area contributed by atoms with E-state index < -0.39 is 11.4 Å². The number of likely N-dealkylation sites (tertiary alicyclic amines) is 1. The first-order valence-corrected chi connectivity index (χ1v) is 5.58. The van der Waals surface area contributed by atoms with Crippen LogP contribution in [0, 0.1) is 11.3 Å². The third-order valence-electron chi connectivity index (χ3n) is 3.46. The molecular weight excluding hydrogens is 208 g/mol. The number of nitrogens with zero attached hydrogens (tertiary/aromatic N) is 1. The number of hydrogen-bond donors (Lipinski definition) is 2. The number of carbonyl (C=O) groups is 2. The van der Waals surface area contributed by atoms with E-state index in [4.69, 9.17) is 10.8 Å². The molecule has 0 saturated carbocycles. The van der Waals surface area contributed by atoms with Gasteiger partial charge in [-0.3, -0.25) is 14.5 Å². The highest BCUT2D eigenvalue weighted by Crippen LogP contribution is 2.33. The number of piperidine rings is 1. The van der Waals surface area contributed by atoms with Gasteiger partial charge in [0.1, 0.15) is 0 Å². The summed E-state index contributed by atoms with van der Waals surface area (Å²) in [5.74, 6) is -1.05. The van der Waals surface area contributed by atoms with Gasteiger partial charge in [0.05, 0.1) is 12.0 Å². The molecular formula is C11H20N2O3. The molecule has 1 unspecified atom stereocenters. The molecule has 3 N–H and O–H groups in total. The highest BCUT2D eigenvalue weighted by atomic mass is 16.4. The molecule has 1 aliphatic heterocycles. The summed E-state index contributed by atoms with van der Waals surface area (Å²) in [6, 6.07) is 0. The zero-order valence-corrected chi connectivity index (χ0v) is 9.90. The minimum Gasteiger partial charge on any atom is -0.481 e. The Kier molecular flexibility index (Phi) is 3.91. The van der Waals surface area contributed by atoms with Crippen molar-refractivity contribution >= 4 is 11.9 Å². The largest absolute Gasteiger partial charge is 0.481 e. The summed E-state index contributed by atoms with van der Waals surface area (Å²) in [5.41, 5.74) is 4.40. The lowest BCUT2D eigenvalue weighted by molar-refractivity contribution is -0.151. The highest BCUT2D eigenvalue weighted by Gasteiger charge is 2.39. The molecule has 5 nitrogen and oxygen atoms in total. The van der Waals surface area contributed by atoms with Crippen LogP contribution in [0.15, 0.2) is 0 Å². The van der Waals surface area contributed by atoms with Crippen LogP contribution in [-0.4, -0.2) is 41.5 Å². The third-order valence-corrected chi connectivity index (χ3v) is 3.46. The molecule has 0 aliphatic carbocycles. The van der Waals surface area contributed by atoms with Gasteiger partial charge in [0, 0.05) is 6.54 Å². The van der Waals surface area contributed by atoms with E-state index in [-0.39, 0.29) is 18.4 Å². The summed E-state index contributed by atoms with van der Waals surface area (Å²) in [6.45, 7) is 5.19. The molecule has 1 saturated heterocycles. The van der Waals surface area contributed by atoms with Crippen molar-refractivity contribution in [2.75, 3.05) is 19.6 Å². The van der Waals surface area contributed by atoms with Crippen LogP contribution in [0.25, 0.3) is 0 Å². The molecule has 1 aliphatic rings. The standard InChI is InChI=1S/C11H20N2O3/c1-11(2,10(15)16)8-4-3-5-13(6-8)7-9(12)14/h8H,3-7H2,1-2H3,(H2,12,14)(H,15,16). The number of primary amides is 1. The van der Waals surface area contributed by atoms with E-state index in [1.807, 2.05) is 4.90 Å². The lowest BCUT2D eigenvalue weighted by Gasteiger charge is -2.38. The molecule has 0 radical (unpaired) electrons. The molecule has 5 heteroatoms. The number of carbonyl (C=O) groups excluding carboxylic acids is 1. The smallest absolute Gasteiger partial charge is 0.309 e. The van der Waals surface area contributed by atoms with Gasteiger partial charge in [-0.05, 0) is 39.2 Å². The normalized spacial score (nSPS) is 23.0. The Morgan fingerprint density at radius 2 is 2.12 bits per heavy atom. The van der Waals surface area contributed by atoms with E-state index in [0.717, 1.165) is 19.4 Å². The molecule has 0 aromatic carbocycles. The van der Waals surface area contributed by atoms with Crippen LogP contribution in [0.1, 0.15) is 26.7 Å². The first kappa shape index (κ1) is 13.0. The number of amides is 1. The topological polar surface area (TPSA) is 83.6 Å². The maximum Gasteiger partial charge on any atom is 0.309 e. The first-order valence-electron chi connectivity index (χ1n) is 5.58. The van der Waals surface area contributed by atoms with Crippen molar-refractivity contribution in [3.05, 3.63) is 0 Å². The molecule has 0 aromatic heterocycles. The maximum atomic E-state index is 11.1. The van der Waals surface area contributed by atoms with E-state index in [1.165, 1.54) is 0 Å². The predicted octanol–water partition coefficient (Wildman–Crippen LogP) is 0.295. The summed E-state index contributed by atoms with van der Waals surface area (Å²) >= 11 is 0. The second kappa shape index (κ2) is 4.82. The lowest BCUT2D eigenvalue weighted by Crippen LogP contribution is -2.47. The van der Waals surface area contributed by atoms with Crippen molar-refractivity contribution in [2.45, 2.75) is 26.7 Å². The molecule has 1 atom stereocenters. The van der Waals surface area contributed by atoms with E-state index in [0.29, 0.717) is 6.54 Å². The van der Waals surface area contributed by atoms with Gasteiger partial charge in [-0.2, -0.15) is 0 Å². The molecule has 1 rings (SSSR count). The fourth-order valence-electron chi connectivity index (χ4n) is 2.18. The summed E-state index contributed by atoms with van der Waals surface area (Å²) < 4.78 is 0. The van der Waals surface area contributed by atoms with Crippen LogP contribution in [-0.2, 0) is 9.59 Å². The van der Waals surface area contributed by atoms with Gasteiger partial charge < -0.3 is 10.8 Å². The Labute approximate surface area is 95.6 Å². The van der Waals surface area contributed by atoms with Gasteiger partial charge in [-0.25, -0.2) is 0 Å². The second-order valence-electron chi connectivity index (χ2n) is 5.07. The SMILES string of the molecule is CC(C)(C(=O)O)C1CCCN(CC(N)=O)C1.